The molecule has 0 saturated heterocycles. The molecular weight excluding hydrogens is 504 g/mol. The van der Waals surface area contributed by atoms with Gasteiger partial charge in [0.05, 0.1) is 7.11 Å². The van der Waals surface area contributed by atoms with Crippen molar-refractivity contribution in [1.82, 2.24) is 10.3 Å². The smallest absolute Gasteiger partial charge is 0.407 e. The molecule has 0 bridgehead atoms. The number of methoxy groups -OCH3 is 1. The Labute approximate surface area is 231 Å². The van der Waals surface area contributed by atoms with E-state index in [1.165, 1.54) is 0 Å². The second-order valence-electron chi connectivity index (χ2n) is 9.87. The fourth-order valence-corrected chi connectivity index (χ4v) is 5.52. The van der Waals surface area contributed by atoms with Crippen LogP contribution in [-0.4, -0.2) is 41.9 Å². The minimum atomic E-state index is -1.14. The van der Waals surface area contributed by atoms with Crippen LogP contribution in [0.3, 0.4) is 0 Å². The molecule has 5 aromatic rings. The topological polar surface area (TPSA) is 101 Å². The monoisotopic (exact) mass is 532 g/mol. The number of amides is 1. The Bertz CT molecular complexity index is 1660. The Kier molecular flexibility index (Phi) is 6.70. The van der Waals surface area contributed by atoms with Crippen LogP contribution in [0.15, 0.2) is 97.2 Å². The normalized spacial score (nSPS) is 12.9. The Balaban J connectivity index is 1.14. The number of ether oxygens (including phenoxy) is 2. The zero-order valence-corrected chi connectivity index (χ0v) is 21.9. The van der Waals surface area contributed by atoms with Gasteiger partial charge in [0, 0.05) is 29.4 Å². The Morgan fingerprint density at radius 1 is 0.900 bits per heavy atom. The van der Waals surface area contributed by atoms with E-state index in [2.05, 4.69) is 22.4 Å². The van der Waals surface area contributed by atoms with Crippen molar-refractivity contribution in [3.8, 4) is 28.0 Å². The van der Waals surface area contributed by atoms with Crippen molar-refractivity contribution in [2.45, 2.75) is 18.4 Å². The molecule has 1 aromatic heterocycles. The summed E-state index contributed by atoms with van der Waals surface area (Å²) in [4.78, 5) is 28.1. The third-order valence-corrected chi connectivity index (χ3v) is 7.55. The number of H-pyrrole nitrogens is 1. The van der Waals surface area contributed by atoms with Crippen molar-refractivity contribution in [2.24, 2.45) is 0 Å². The quantitative estimate of drug-likeness (QED) is 0.215. The first kappa shape index (κ1) is 25.2. The second kappa shape index (κ2) is 10.6. The van der Waals surface area contributed by atoms with Gasteiger partial charge in [0.15, 0.2) is 0 Å². The summed E-state index contributed by atoms with van der Waals surface area (Å²) >= 11 is 0. The highest BCUT2D eigenvalue weighted by atomic mass is 16.5. The molecule has 3 N–H and O–H groups in total. The molecule has 1 atom stereocenters. The van der Waals surface area contributed by atoms with E-state index in [1.807, 2.05) is 78.9 Å². The number of nitrogens with one attached hydrogen (secondary N) is 2. The molecule has 1 aliphatic carbocycles. The summed E-state index contributed by atoms with van der Waals surface area (Å²) in [6, 6.07) is 28.8. The number of rotatable bonds is 8. The van der Waals surface area contributed by atoms with Crippen LogP contribution in [0.25, 0.3) is 33.2 Å². The fraction of sp³-hybridized carbons (Fsp3) is 0.152. The molecule has 1 aliphatic rings. The van der Waals surface area contributed by atoms with Gasteiger partial charge in [-0.1, -0.05) is 72.8 Å². The van der Waals surface area contributed by atoms with Crippen molar-refractivity contribution < 1.29 is 24.2 Å². The Morgan fingerprint density at radius 2 is 1.55 bits per heavy atom. The molecule has 0 aliphatic heterocycles. The summed E-state index contributed by atoms with van der Waals surface area (Å²) in [7, 11) is 1.63. The third kappa shape index (κ3) is 4.78. The van der Waals surface area contributed by atoms with Crippen LogP contribution in [0, 0.1) is 0 Å². The van der Waals surface area contributed by atoms with Crippen molar-refractivity contribution in [1.29, 1.82) is 0 Å². The third-order valence-electron chi connectivity index (χ3n) is 7.55. The predicted octanol–water partition coefficient (Wildman–Crippen LogP) is 6.38. The highest BCUT2D eigenvalue weighted by molar-refractivity contribution is 5.89. The van der Waals surface area contributed by atoms with Gasteiger partial charge in [0.1, 0.15) is 18.4 Å². The molecule has 0 saturated carbocycles. The molecule has 0 fully saturated rings. The highest BCUT2D eigenvalue weighted by Gasteiger charge is 2.30. The number of hydrogen-bond acceptors (Lipinski definition) is 4. The summed E-state index contributed by atoms with van der Waals surface area (Å²) in [5, 5.41) is 13.3. The van der Waals surface area contributed by atoms with Crippen molar-refractivity contribution >= 4 is 23.0 Å². The maximum Gasteiger partial charge on any atom is 0.407 e. The number of aromatic nitrogens is 1. The maximum absolute atomic E-state index is 12.8. The number of alkyl carbamates (subject to hydrolysis) is 1. The number of fused-ring (bicyclic) bond motifs is 4. The molecule has 40 heavy (non-hydrogen) atoms. The van der Waals surface area contributed by atoms with Gasteiger partial charge in [-0.15, -0.1) is 0 Å². The molecule has 0 spiro atoms. The van der Waals surface area contributed by atoms with E-state index in [-0.39, 0.29) is 18.9 Å². The van der Waals surface area contributed by atoms with Gasteiger partial charge >= 0.3 is 12.1 Å². The largest absolute Gasteiger partial charge is 0.497 e. The lowest BCUT2D eigenvalue weighted by molar-refractivity contribution is -0.139. The van der Waals surface area contributed by atoms with Crippen molar-refractivity contribution in [3.63, 3.8) is 0 Å². The Morgan fingerprint density at radius 3 is 2.20 bits per heavy atom. The number of benzene rings is 4. The average molecular weight is 533 g/mol. The van der Waals surface area contributed by atoms with E-state index in [0.29, 0.717) is 0 Å². The summed E-state index contributed by atoms with van der Waals surface area (Å²) in [5.74, 6) is -0.441. The molecule has 7 heteroatoms. The molecule has 6 rings (SSSR count). The van der Waals surface area contributed by atoms with Gasteiger partial charge < -0.3 is 24.9 Å². The van der Waals surface area contributed by atoms with Gasteiger partial charge in [-0.05, 0) is 57.1 Å². The van der Waals surface area contributed by atoms with Gasteiger partial charge in [-0.25, -0.2) is 9.59 Å². The summed E-state index contributed by atoms with van der Waals surface area (Å²) in [6.07, 6.45) is 1.15. The van der Waals surface area contributed by atoms with Crippen LogP contribution >= 0.6 is 0 Å². The first-order chi connectivity index (χ1) is 19.5. The van der Waals surface area contributed by atoms with E-state index >= 15 is 0 Å². The first-order valence-corrected chi connectivity index (χ1v) is 13.1. The summed E-state index contributed by atoms with van der Waals surface area (Å²) < 4.78 is 10.8. The van der Waals surface area contributed by atoms with Gasteiger partial charge in [0.25, 0.3) is 0 Å². The van der Waals surface area contributed by atoms with E-state index in [9.17, 15) is 14.7 Å². The molecule has 7 nitrogen and oxygen atoms in total. The number of hydrogen-bond donors (Lipinski definition) is 3. The molecule has 0 unspecified atom stereocenters. The van der Waals surface area contributed by atoms with Crippen LogP contribution in [0.5, 0.6) is 5.75 Å². The summed E-state index contributed by atoms with van der Waals surface area (Å²) in [6.45, 7) is 0.118. The number of aliphatic carboxylic acids is 1. The van der Waals surface area contributed by atoms with E-state index in [0.717, 1.165) is 55.6 Å². The number of carbonyl (C=O) groups excluding carboxylic acids is 1. The molecule has 1 heterocycles. The van der Waals surface area contributed by atoms with E-state index in [4.69, 9.17) is 9.47 Å². The number of carbonyl (C=O) groups is 2. The van der Waals surface area contributed by atoms with E-state index < -0.39 is 18.1 Å². The molecule has 4 aromatic carbocycles. The maximum atomic E-state index is 12.8. The standard InChI is InChI=1S/C33H28N2O5/c1-39-23-13-10-20(11-14-23)21-12-15-24-22(18-34-30(24)16-21)17-31(32(36)37)35-33(38)40-19-29-27-8-4-2-6-25(27)26-7-3-5-9-28(26)29/h2-16,18,29,31,34H,17,19H2,1H3,(H,35,38)(H,36,37)/t31-/m0/s1. The molecular formula is C33H28N2O5. The minimum Gasteiger partial charge on any atom is -0.497 e. The SMILES string of the molecule is COc1ccc(-c2ccc3c(C[C@H](NC(=O)OCC4c5ccccc5-c5ccccc54)C(=O)O)c[nH]c3c2)cc1. The zero-order chi connectivity index (χ0) is 27.6. The van der Waals surface area contributed by atoms with Crippen molar-refractivity contribution in [2.75, 3.05) is 13.7 Å². The minimum absolute atomic E-state index is 0.102. The number of carboxylic acid groups (broad SMARTS) is 1. The van der Waals surface area contributed by atoms with Gasteiger partial charge in [0.2, 0.25) is 0 Å². The molecule has 1 amide bonds. The summed E-state index contributed by atoms with van der Waals surface area (Å²) in [5.41, 5.74) is 8.19. The van der Waals surface area contributed by atoms with Crippen LogP contribution in [0.2, 0.25) is 0 Å². The van der Waals surface area contributed by atoms with Gasteiger partial charge in [-0.3, -0.25) is 0 Å². The average Bonchev–Trinajstić information content (AvgIpc) is 3.54. The lowest BCUT2D eigenvalue weighted by Crippen LogP contribution is -2.42. The fourth-order valence-electron chi connectivity index (χ4n) is 5.52. The van der Waals surface area contributed by atoms with Crippen molar-refractivity contribution in [3.05, 3.63) is 114 Å². The molecule has 200 valence electrons. The second-order valence-corrected chi connectivity index (χ2v) is 9.87. The predicted molar refractivity (Wildman–Crippen MR) is 154 cm³/mol. The van der Waals surface area contributed by atoms with Gasteiger partial charge in [-0.2, -0.15) is 0 Å². The highest BCUT2D eigenvalue weighted by Crippen LogP contribution is 2.44. The number of carboxylic acids is 1. The molecule has 0 radical (unpaired) electrons. The lowest BCUT2D eigenvalue weighted by atomic mass is 9.98. The van der Waals surface area contributed by atoms with Crippen LogP contribution < -0.4 is 10.1 Å². The zero-order valence-electron chi connectivity index (χ0n) is 21.9. The van der Waals surface area contributed by atoms with E-state index in [1.54, 1.807) is 13.3 Å². The number of aromatic amines is 1. The first-order valence-electron chi connectivity index (χ1n) is 13.1. The van der Waals surface area contributed by atoms with Crippen LogP contribution in [-0.2, 0) is 16.0 Å². The lowest BCUT2D eigenvalue weighted by Gasteiger charge is -2.17. The Hall–Kier alpha value is -5.04. The van der Waals surface area contributed by atoms with Crippen LogP contribution in [0.1, 0.15) is 22.6 Å². The van der Waals surface area contributed by atoms with Crippen LogP contribution in [0.4, 0.5) is 4.79 Å².